The van der Waals surface area contributed by atoms with E-state index < -0.39 is 4.92 Å². The third-order valence-electron chi connectivity index (χ3n) is 2.62. The number of amides is 1. The Hall–Kier alpha value is -2.22. The van der Waals surface area contributed by atoms with Crippen LogP contribution in [0.2, 0.25) is 0 Å². The highest BCUT2D eigenvalue weighted by molar-refractivity contribution is 14.1. The SMILES string of the molecule is O=C(C=Cc1cccc([N+](=O)[O-])c1)Nc1ccc(I)cc1. The number of nitrogens with one attached hydrogen (secondary N) is 1. The fourth-order valence-electron chi connectivity index (χ4n) is 1.63. The summed E-state index contributed by atoms with van der Waals surface area (Å²) in [5, 5.41) is 13.4. The van der Waals surface area contributed by atoms with E-state index in [1.165, 1.54) is 24.3 Å². The van der Waals surface area contributed by atoms with Crippen molar-refractivity contribution in [3.05, 3.63) is 73.9 Å². The molecule has 1 amide bonds. The molecule has 0 saturated carbocycles. The lowest BCUT2D eigenvalue weighted by atomic mass is 10.2. The zero-order chi connectivity index (χ0) is 15.2. The number of nitrogens with zero attached hydrogens (tertiary/aromatic N) is 1. The summed E-state index contributed by atoms with van der Waals surface area (Å²) in [7, 11) is 0. The molecule has 106 valence electrons. The molecule has 2 rings (SSSR count). The average Bonchev–Trinajstić information content (AvgIpc) is 2.48. The van der Waals surface area contributed by atoms with Gasteiger partial charge in [0.2, 0.25) is 5.91 Å². The Morgan fingerprint density at radius 1 is 1.19 bits per heavy atom. The highest BCUT2D eigenvalue weighted by Crippen LogP contribution is 2.14. The van der Waals surface area contributed by atoms with Crippen molar-refractivity contribution in [2.75, 3.05) is 5.32 Å². The average molecular weight is 394 g/mol. The lowest BCUT2D eigenvalue weighted by Gasteiger charge is -2.01. The first-order valence-corrected chi connectivity index (χ1v) is 7.11. The van der Waals surface area contributed by atoms with Crippen LogP contribution in [-0.4, -0.2) is 10.8 Å². The molecule has 0 atom stereocenters. The van der Waals surface area contributed by atoms with E-state index in [9.17, 15) is 14.9 Å². The van der Waals surface area contributed by atoms with Gasteiger partial charge >= 0.3 is 0 Å². The number of non-ortho nitro benzene ring substituents is 1. The van der Waals surface area contributed by atoms with Gasteiger partial charge in [-0.3, -0.25) is 14.9 Å². The van der Waals surface area contributed by atoms with E-state index in [0.717, 1.165) is 3.57 Å². The van der Waals surface area contributed by atoms with Crippen molar-refractivity contribution in [1.82, 2.24) is 0 Å². The molecule has 0 unspecified atom stereocenters. The summed E-state index contributed by atoms with van der Waals surface area (Å²) in [6.45, 7) is 0. The summed E-state index contributed by atoms with van der Waals surface area (Å²) in [6.07, 6.45) is 2.88. The normalized spacial score (nSPS) is 10.5. The Bertz CT molecular complexity index is 696. The maximum Gasteiger partial charge on any atom is 0.270 e. The molecule has 2 aromatic carbocycles. The van der Waals surface area contributed by atoms with E-state index >= 15 is 0 Å². The van der Waals surface area contributed by atoms with Crippen molar-refractivity contribution < 1.29 is 9.72 Å². The van der Waals surface area contributed by atoms with Crippen molar-refractivity contribution in [3.8, 4) is 0 Å². The van der Waals surface area contributed by atoms with Crippen LogP contribution in [0.4, 0.5) is 11.4 Å². The van der Waals surface area contributed by atoms with E-state index in [1.807, 2.05) is 12.1 Å². The topological polar surface area (TPSA) is 72.2 Å². The van der Waals surface area contributed by atoms with E-state index in [2.05, 4.69) is 27.9 Å². The molecule has 0 aliphatic carbocycles. The molecule has 0 saturated heterocycles. The second kappa shape index (κ2) is 6.98. The molecular weight excluding hydrogens is 383 g/mol. The van der Waals surface area contributed by atoms with Crippen LogP contribution in [0.5, 0.6) is 0 Å². The molecule has 0 radical (unpaired) electrons. The van der Waals surface area contributed by atoms with Crippen LogP contribution in [0.25, 0.3) is 6.08 Å². The van der Waals surface area contributed by atoms with Gasteiger partial charge in [-0.25, -0.2) is 0 Å². The number of halogens is 1. The van der Waals surface area contributed by atoms with Crippen LogP contribution in [0, 0.1) is 13.7 Å². The maximum absolute atomic E-state index is 11.8. The number of benzene rings is 2. The molecule has 6 heteroatoms. The summed E-state index contributed by atoms with van der Waals surface area (Å²) in [4.78, 5) is 21.9. The highest BCUT2D eigenvalue weighted by Gasteiger charge is 2.04. The fourth-order valence-corrected chi connectivity index (χ4v) is 1.99. The second-order valence-electron chi connectivity index (χ2n) is 4.18. The number of hydrogen-bond donors (Lipinski definition) is 1. The number of nitro benzene ring substituents is 1. The molecule has 5 nitrogen and oxygen atoms in total. The first-order chi connectivity index (χ1) is 10.0. The zero-order valence-electron chi connectivity index (χ0n) is 10.8. The van der Waals surface area contributed by atoms with Gasteiger partial charge in [0.15, 0.2) is 0 Å². The Balaban J connectivity index is 2.03. The molecule has 0 heterocycles. The van der Waals surface area contributed by atoms with Crippen LogP contribution in [-0.2, 0) is 4.79 Å². The monoisotopic (exact) mass is 394 g/mol. The van der Waals surface area contributed by atoms with E-state index in [0.29, 0.717) is 11.3 Å². The molecular formula is C15H11IN2O3. The largest absolute Gasteiger partial charge is 0.323 e. The molecule has 0 aliphatic heterocycles. The minimum absolute atomic E-state index is 0.00445. The Morgan fingerprint density at radius 3 is 2.57 bits per heavy atom. The standard InChI is InChI=1S/C15H11IN2O3/c16-12-5-7-13(8-6-12)17-15(19)9-4-11-2-1-3-14(10-11)18(20)21/h1-10H,(H,17,19). The second-order valence-corrected chi connectivity index (χ2v) is 5.43. The van der Waals surface area contributed by atoms with Crippen LogP contribution in [0.15, 0.2) is 54.6 Å². The van der Waals surface area contributed by atoms with Gasteiger partial charge in [0.1, 0.15) is 0 Å². The predicted molar refractivity (Wildman–Crippen MR) is 89.9 cm³/mol. The summed E-state index contributed by atoms with van der Waals surface area (Å²) in [5.41, 5.74) is 1.29. The fraction of sp³-hybridized carbons (Fsp3) is 0. The van der Waals surface area contributed by atoms with Crippen LogP contribution >= 0.6 is 22.6 Å². The lowest BCUT2D eigenvalue weighted by molar-refractivity contribution is -0.384. The van der Waals surface area contributed by atoms with Crippen LogP contribution < -0.4 is 5.32 Å². The summed E-state index contributed by atoms with van der Waals surface area (Å²) >= 11 is 2.18. The quantitative estimate of drug-likeness (QED) is 0.371. The van der Waals surface area contributed by atoms with Gasteiger partial charge in [0.25, 0.3) is 5.69 Å². The first kappa shape index (κ1) is 15.2. The third kappa shape index (κ3) is 4.67. The van der Waals surface area contributed by atoms with E-state index in [1.54, 1.807) is 24.3 Å². The molecule has 0 aliphatic rings. The van der Waals surface area contributed by atoms with Gasteiger partial charge in [-0.2, -0.15) is 0 Å². The smallest absolute Gasteiger partial charge is 0.270 e. The van der Waals surface area contributed by atoms with Gasteiger partial charge in [-0.05, 0) is 58.5 Å². The minimum atomic E-state index is -0.469. The molecule has 2 aromatic rings. The molecule has 0 spiro atoms. The Kier molecular flexibility index (Phi) is 5.04. The van der Waals surface area contributed by atoms with Gasteiger partial charge < -0.3 is 5.32 Å². The van der Waals surface area contributed by atoms with Crippen molar-refractivity contribution in [2.24, 2.45) is 0 Å². The molecule has 21 heavy (non-hydrogen) atoms. The van der Waals surface area contributed by atoms with Crippen molar-refractivity contribution in [3.63, 3.8) is 0 Å². The third-order valence-corrected chi connectivity index (χ3v) is 3.34. The number of nitro groups is 1. The Morgan fingerprint density at radius 2 is 1.90 bits per heavy atom. The number of rotatable bonds is 4. The maximum atomic E-state index is 11.8. The molecule has 0 aromatic heterocycles. The Labute approximate surface area is 135 Å². The van der Waals surface area contributed by atoms with Crippen LogP contribution in [0.3, 0.4) is 0 Å². The van der Waals surface area contributed by atoms with Gasteiger partial charge in [-0.15, -0.1) is 0 Å². The van der Waals surface area contributed by atoms with Gasteiger partial charge in [0.05, 0.1) is 4.92 Å². The number of carbonyl (C=O) groups excluding carboxylic acids is 1. The van der Waals surface area contributed by atoms with Crippen LogP contribution in [0.1, 0.15) is 5.56 Å². The number of hydrogen-bond acceptors (Lipinski definition) is 3. The van der Waals surface area contributed by atoms with Crippen molar-refractivity contribution in [2.45, 2.75) is 0 Å². The molecule has 0 bridgehead atoms. The van der Waals surface area contributed by atoms with Gasteiger partial charge in [-0.1, -0.05) is 12.1 Å². The minimum Gasteiger partial charge on any atom is -0.323 e. The van der Waals surface area contributed by atoms with Crippen molar-refractivity contribution in [1.29, 1.82) is 0 Å². The number of carbonyl (C=O) groups is 1. The number of anilines is 1. The lowest BCUT2D eigenvalue weighted by Crippen LogP contribution is -2.07. The highest BCUT2D eigenvalue weighted by atomic mass is 127. The molecule has 1 N–H and O–H groups in total. The van der Waals surface area contributed by atoms with E-state index in [-0.39, 0.29) is 11.6 Å². The zero-order valence-corrected chi connectivity index (χ0v) is 13.0. The summed E-state index contributed by atoms with van der Waals surface area (Å²) in [6, 6.07) is 13.5. The van der Waals surface area contributed by atoms with Crippen molar-refractivity contribution >= 4 is 45.9 Å². The summed E-state index contributed by atoms with van der Waals surface area (Å²) < 4.78 is 1.08. The summed E-state index contributed by atoms with van der Waals surface area (Å²) in [5.74, 6) is -0.289. The van der Waals surface area contributed by atoms with E-state index in [4.69, 9.17) is 0 Å². The molecule has 0 fully saturated rings. The predicted octanol–water partition coefficient (Wildman–Crippen LogP) is 3.85. The first-order valence-electron chi connectivity index (χ1n) is 6.04. The van der Waals surface area contributed by atoms with Gasteiger partial charge in [0, 0.05) is 27.5 Å².